The summed E-state index contributed by atoms with van der Waals surface area (Å²) in [5.74, 6) is 0.862. The maximum atomic E-state index is 4.24. The predicted octanol–water partition coefficient (Wildman–Crippen LogP) is 3.76. The standard InChI is InChI=1S/C15H13N3S/c1-2-6-15(19-10-13-9-17-11-18-13)14(5-1)12-4-3-7-16-8-12/h1-9,11H,10H2,(H,17,18). The molecule has 0 bridgehead atoms. The molecular formula is C15H13N3S. The van der Waals surface area contributed by atoms with Gasteiger partial charge in [0.25, 0.3) is 0 Å². The molecular weight excluding hydrogens is 254 g/mol. The third-order valence-electron chi connectivity index (χ3n) is 2.79. The first-order valence-corrected chi connectivity index (χ1v) is 7.02. The van der Waals surface area contributed by atoms with Crippen molar-refractivity contribution in [2.75, 3.05) is 0 Å². The molecule has 4 heteroatoms. The topological polar surface area (TPSA) is 41.6 Å². The number of rotatable bonds is 4. The molecule has 0 aliphatic rings. The third kappa shape index (κ3) is 2.85. The minimum atomic E-state index is 0.862. The van der Waals surface area contributed by atoms with Gasteiger partial charge in [-0.2, -0.15) is 0 Å². The number of H-pyrrole nitrogens is 1. The van der Waals surface area contributed by atoms with Crippen molar-refractivity contribution < 1.29 is 0 Å². The molecule has 94 valence electrons. The van der Waals surface area contributed by atoms with Crippen molar-refractivity contribution >= 4 is 11.8 Å². The van der Waals surface area contributed by atoms with Crippen LogP contribution in [0.2, 0.25) is 0 Å². The molecule has 0 radical (unpaired) electrons. The molecule has 3 aromatic rings. The van der Waals surface area contributed by atoms with Crippen molar-refractivity contribution in [1.29, 1.82) is 0 Å². The van der Waals surface area contributed by atoms with Crippen LogP contribution in [0.4, 0.5) is 0 Å². The van der Waals surface area contributed by atoms with E-state index in [1.165, 1.54) is 10.5 Å². The van der Waals surface area contributed by atoms with Crippen molar-refractivity contribution in [1.82, 2.24) is 15.0 Å². The van der Waals surface area contributed by atoms with Gasteiger partial charge < -0.3 is 4.98 Å². The van der Waals surface area contributed by atoms with Crippen LogP contribution in [0.3, 0.4) is 0 Å². The van der Waals surface area contributed by atoms with Gasteiger partial charge in [0.15, 0.2) is 0 Å². The maximum Gasteiger partial charge on any atom is 0.0923 e. The van der Waals surface area contributed by atoms with Crippen molar-refractivity contribution in [3.63, 3.8) is 0 Å². The zero-order valence-corrected chi connectivity index (χ0v) is 11.1. The first-order chi connectivity index (χ1) is 9.43. The Balaban J connectivity index is 1.85. The lowest BCUT2D eigenvalue weighted by atomic mass is 10.1. The van der Waals surface area contributed by atoms with E-state index in [2.05, 4.69) is 45.3 Å². The van der Waals surface area contributed by atoms with Gasteiger partial charge in [0.2, 0.25) is 0 Å². The summed E-state index contributed by atoms with van der Waals surface area (Å²) in [5, 5.41) is 0. The molecule has 0 aliphatic carbocycles. The average Bonchev–Trinajstić information content (AvgIpc) is 3.00. The Morgan fingerprint density at radius 3 is 2.84 bits per heavy atom. The second-order valence-electron chi connectivity index (χ2n) is 4.09. The molecule has 0 spiro atoms. The summed E-state index contributed by atoms with van der Waals surface area (Å²) in [4.78, 5) is 12.7. The molecule has 0 atom stereocenters. The minimum absolute atomic E-state index is 0.862. The van der Waals surface area contributed by atoms with Gasteiger partial charge in [-0.3, -0.25) is 4.98 Å². The van der Waals surface area contributed by atoms with Gasteiger partial charge in [-0.25, -0.2) is 4.98 Å². The molecule has 2 aromatic heterocycles. The Hall–Kier alpha value is -2.07. The molecule has 0 amide bonds. The van der Waals surface area contributed by atoms with Gasteiger partial charge in [-0.05, 0) is 17.7 Å². The summed E-state index contributed by atoms with van der Waals surface area (Å²) < 4.78 is 0. The van der Waals surface area contributed by atoms with Gasteiger partial charge in [-0.1, -0.05) is 24.3 Å². The van der Waals surface area contributed by atoms with Crippen LogP contribution in [0, 0.1) is 0 Å². The summed E-state index contributed by atoms with van der Waals surface area (Å²) in [6, 6.07) is 12.4. The summed E-state index contributed by atoms with van der Waals surface area (Å²) >= 11 is 1.79. The lowest BCUT2D eigenvalue weighted by Gasteiger charge is -2.08. The second kappa shape index (κ2) is 5.71. The maximum absolute atomic E-state index is 4.24. The van der Waals surface area contributed by atoms with Gasteiger partial charge in [0.1, 0.15) is 0 Å². The van der Waals surface area contributed by atoms with Crippen LogP contribution in [0.25, 0.3) is 11.1 Å². The number of benzene rings is 1. The lowest BCUT2D eigenvalue weighted by molar-refractivity contribution is 1.22. The quantitative estimate of drug-likeness (QED) is 0.732. The fourth-order valence-corrected chi connectivity index (χ4v) is 2.85. The minimum Gasteiger partial charge on any atom is -0.351 e. The molecule has 1 N–H and O–H groups in total. The third-order valence-corrected chi connectivity index (χ3v) is 3.90. The Morgan fingerprint density at radius 1 is 1.11 bits per heavy atom. The van der Waals surface area contributed by atoms with Crippen LogP contribution in [0.15, 0.2) is 66.2 Å². The monoisotopic (exact) mass is 267 g/mol. The largest absolute Gasteiger partial charge is 0.351 e. The molecule has 0 fully saturated rings. The van der Waals surface area contributed by atoms with Crippen molar-refractivity contribution in [2.24, 2.45) is 0 Å². The zero-order valence-electron chi connectivity index (χ0n) is 10.3. The average molecular weight is 267 g/mol. The SMILES string of the molecule is c1cncc(-c2ccccc2SCc2c[nH]cn2)c1. The number of hydrogen-bond acceptors (Lipinski definition) is 3. The lowest BCUT2D eigenvalue weighted by Crippen LogP contribution is -1.85. The van der Waals surface area contributed by atoms with Crippen LogP contribution in [-0.4, -0.2) is 15.0 Å². The van der Waals surface area contributed by atoms with Crippen LogP contribution in [0.1, 0.15) is 5.69 Å². The smallest absolute Gasteiger partial charge is 0.0923 e. The van der Waals surface area contributed by atoms with Gasteiger partial charge in [0.05, 0.1) is 12.0 Å². The zero-order chi connectivity index (χ0) is 12.9. The highest BCUT2D eigenvalue weighted by Crippen LogP contribution is 2.32. The van der Waals surface area contributed by atoms with E-state index in [4.69, 9.17) is 0 Å². The van der Waals surface area contributed by atoms with E-state index >= 15 is 0 Å². The van der Waals surface area contributed by atoms with Gasteiger partial charge in [-0.15, -0.1) is 11.8 Å². The molecule has 0 aliphatic heterocycles. The first kappa shape index (κ1) is 12.0. The molecule has 3 nitrogen and oxygen atoms in total. The fourth-order valence-electron chi connectivity index (χ4n) is 1.87. The van der Waals surface area contributed by atoms with E-state index in [-0.39, 0.29) is 0 Å². The summed E-state index contributed by atoms with van der Waals surface area (Å²) in [7, 11) is 0. The van der Waals surface area contributed by atoms with Crippen molar-refractivity contribution in [3.8, 4) is 11.1 Å². The van der Waals surface area contributed by atoms with E-state index in [1.54, 1.807) is 24.3 Å². The second-order valence-corrected chi connectivity index (χ2v) is 5.10. The molecule has 0 unspecified atom stereocenters. The van der Waals surface area contributed by atoms with Crippen molar-refractivity contribution in [3.05, 3.63) is 67.0 Å². The number of hydrogen-bond donors (Lipinski definition) is 1. The number of nitrogens with zero attached hydrogens (tertiary/aromatic N) is 2. The van der Waals surface area contributed by atoms with E-state index in [9.17, 15) is 0 Å². The number of pyridine rings is 1. The number of thioether (sulfide) groups is 1. The van der Waals surface area contributed by atoms with E-state index in [0.717, 1.165) is 17.0 Å². The van der Waals surface area contributed by atoms with E-state index in [0.29, 0.717) is 0 Å². The number of aromatic nitrogens is 3. The number of nitrogens with one attached hydrogen (secondary N) is 1. The van der Waals surface area contributed by atoms with Crippen LogP contribution in [-0.2, 0) is 5.75 Å². The predicted molar refractivity (Wildman–Crippen MR) is 77.8 cm³/mol. The Morgan fingerprint density at radius 2 is 2.05 bits per heavy atom. The molecule has 0 saturated heterocycles. The molecule has 0 saturated carbocycles. The van der Waals surface area contributed by atoms with Crippen LogP contribution < -0.4 is 0 Å². The molecule has 3 rings (SSSR count). The van der Waals surface area contributed by atoms with Crippen LogP contribution in [0.5, 0.6) is 0 Å². The van der Waals surface area contributed by atoms with E-state index in [1.807, 2.05) is 18.5 Å². The first-order valence-electron chi connectivity index (χ1n) is 6.03. The fraction of sp³-hybridized carbons (Fsp3) is 0.0667. The Labute approximate surface area is 116 Å². The summed E-state index contributed by atoms with van der Waals surface area (Å²) in [6.45, 7) is 0. The molecule has 19 heavy (non-hydrogen) atoms. The molecule has 2 heterocycles. The summed E-state index contributed by atoms with van der Waals surface area (Å²) in [6.07, 6.45) is 7.33. The van der Waals surface area contributed by atoms with Crippen molar-refractivity contribution in [2.45, 2.75) is 10.6 Å². The Kier molecular flexibility index (Phi) is 3.61. The normalized spacial score (nSPS) is 10.5. The number of imidazole rings is 1. The van der Waals surface area contributed by atoms with E-state index < -0.39 is 0 Å². The highest BCUT2D eigenvalue weighted by atomic mass is 32.2. The van der Waals surface area contributed by atoms with Gasteiger partial charge >= 0.3 is 0 Å². The number of aromatic amines is 1. The molecule has 1 aromatic carbocycles. The highest BCUT2D eigenvalue weighted by Gasteiger charge is 2.05. The highest BCUT2D eigenvalue weighted by molar-refractivity contribution is 7.98. The Bertz CT molecular complexity index is 636. The summed E-state index contributed by atoms with van der Waals surface area (Å²) in [5.41, 5.74) is 3.43. The van der Waals surface area contributed by atoms with Gasteiger partial charge in [0, 0.05) is 34.8 Å². The van der Waals surface area contributed by atoms with Crippen LogP contribution >= 0.6 is 11.8 Å².